The third-order valence-corrected chi connectivity index (χ3v) is 6.72. The fourth-order valence-corrected chi connectivity index (χ4v) is 4.55. The van der Waals surface area contributed by atoms with Gasteiger partial charge in [-0.2, -0.15) is 5.26 Å². The Hall–Kier alpha value is -4.39. The molecule has 2 aromatic carbocycles. The summed E-state index contributed by atoms with van der Waals surface area (Å²) in [6, 6.07) is 13.8. The van der Waals surface area contributed by atoms with Gasteiger partial charge in [-0.25, -0.2) is 0 Å². The second-order valence-corrected chi connectivity index (χ2v) is 9.39. The SMILES string of the molecule is CN(C)c1ccc(C(=O)N2CCN(C(=O)c3ccc(C#N)cc3)C[C@H]2C(=O)N[C@@H]2CCCNC2=O)cc1. The van der Waals surface area contributed by atoms with Crippen molar-refractivity contribution in [1.82, 2.24) is 20.4 Å². The summed E-state index contributed by atoms with van der Waals surface area (Å²) < 4.78 is 0. The number of rotatable bonds is 5. The highest BCUT2D eigenvalue weighted by Gasteiger charge is 2.39. The summed E-state index contributed by atoms with van der Waals surface area (Å²) in [5.41, 5.74) is 2.21. The highest BCUT2D eigenvalue weighted by molar-refractivity contribution is 6.00. The molecule has 37 heavy (non-hydrogen) atoms. The van der Waals surface area contributed by atoms with E-state index in [4.69, 9.17) is 5.26 Å². The molecule has 4 amide bonds. The predicted octanol–water partition coefficient (Wildman–Crippen LogP) is 0.986. The van der Waals surface area contributed by atoms with E-state index in [1.807, 2.05) is 37.2 Å². The van der Waals surface area contributed by atoms with Gasteiger partial charge in [-0.3, -0.25) is 19.2 Å². The summed E-state index contributed by atoms with van der Waals surface area (Å²) in [7, 11) is 3.81. The predicted molar refractivity (Wildman–Crippen MR) is 137 cm³/mol. The number of carbonyl (C=O) groups excluding carboxylic acids is 4. The smallest absolute Gasteiger partial charge is 0.254 e. The molecule has 0 unspecified atom stereocenters. The molecule has 2 heterocycles. The van der Waals surface area contributed by atoms with Gasteiger partial charge in [0.05, 0.1) is 18.2 Å². The summed E-state index contributed by atoms with van der Waals surface area (Å²) >= 11 is 0. The first-order valence-electron chi connectivity index (χ1n) is 12.2. The van der Waals surface area contributed by atoms with E-state index in [2.05, 4.69) is 10.6 Å². The van der Waals surface area contributed by atoms with Crippen molar-refractivity contribution in [3.05, 3.63) is 65.2 Å². The molecule has 2 aromatic rings. The summed E-state index contributed by atoms with van der Waals surface area (Å²) in [6.07, 6.45) is 1.25. The molecule has 4 rings (SSSR count). The van der Waals surface area contributed by atoms with Crippen molar-refractivity contribution in [2.45, 2.75) is 24.9 Å². The highest BCUT2D eigenvalue weighted by Crippen LogP contribution is 2.20. The molecule has 2 saturated heterocycles. The lowest BCUT2D eigenvalue weighted by Gasteiger charge is -2.41. The van der Waals surface area contributed by atoms with E-state index in [-0.39, 0.29) is 37.4 Å². The van der Waals surface area contributed by atoms with Crippen LogP contribution < -0.4 is 15.5 Å². The van der Waals surface area contributed by atoms with Crippen molar-refractivity contribution >= 4 is 29.3 Å². The van der Waals surface area contributed by atoms with E-state index in [1.54, 1.807) is 36.4 Å². The van der Waals surface area contributed by atoms with Crippen LogP contribution in [0.1, 0.15) is 39.1 Å². The molecule has 2 fully saturated rings. The number of hydrogen-bond acceptors (Lipinski definition) is 6. The standard InChI is InChI=1S/C27H30N6O4/c1-31(2)21-11-9-20(10-12-21)27(37)33-15-14-32(26(36)19-7-5-18(16-28)6-8-19)17-23(33)25(35)30-22-4-3-13-29-24(22)34/h5-12,22-23H,3-4,13-15,17H2,1-2H3,(H,29,34)(H,30,35)/t22-,23+/m1/s1. The minimum absolute atomic E-state index is 0.0134. The molecule has 2 aliphatic rings. The summed E-state index contributed by atoms with van der Waals surface area (Å²) in [5.74, 6) is -1.33. The van der Waals surface area contributed by atoms with Crippen LogP contribution in [0.25, 0.3) is 0 Å². The maximum Gasteiger partial charge on any atom is 0.254 e. The zero-order chi connectivity index (χ0) is 26.5. The first-order valence-corrected chi connectivity index (χ1v) is 12.2. The van der Waals surface area contributed by atoms with Gasteiger partial charge in [-0.05, 0) is 61.4 Å². The number of piperazine rings is 1. The van der Waals surface area contributed by atoms with Gasteiger partial charge in [0.1, 0.15) is 12.1 Å². The molecule has 0 aromatic heterocycles. The zero-order valence-electron chi connectivity index (χ0n) is 20.9. The normalized spacial score (nSPS) is 19.4. The number of carbonyl (C=O) groups is 4. The Labute approximate surface area is 215 Å². The van der Waals surface area contributed by atoms with Crippen LogP contribution in [0.15, 0.2) is 48.5 Å². The van der Waals surface area contributed by atoms with E-state index < -0.39 is 18.0 Å². The lowest BCUT2D eigenvalue weighted by molar-refractivity contribution is -0.133. The number of nitrogens with one attached hydrogen (secondary N) is 2. The molecule has 0 bridgehead atoms. The van der Waals surface area contributed by atoms with Gasteiger partial charge in [-0.1, -0.05) is 0 Å². The van der Waals surface area contributed by atoms with Crippen molar-refractivity contribution in [2.24, 2.45) is 0 Å². The number of piperidine rings is 1. The van der Waals surface area contributed by atoms with Crippen molar-refractivity contribution in [1.29, 1.82) is 5.26 Å². The Morgan fingerprint density at radius 3 is 2.27 bits per heavy atom. The Morgan fingerprint density at radius 2 is 1.65 bits per heavy atom. The molecule has 0 spiro atoms. The maximum absolute atomic E-state index is 13.5. The van der Waals surface area contributed by atoms with Crippen LogP contribution >= 0.6 is 0 Å². The third-order valence-electron chi connectivity index (χ3n) is 6.72. The molecule has 2 aliphatic heterocycles. The van der Waals surface area contributed by atoms with Crippen molar-refractivity contribution in [2.75, 3.05) is 45.2 Å². The molecule has 0 saturated carbocycles. The highest BCUT2D eigenvalue weighted by atomic mass is 16.2. The number of amides is 4. The minimum Gasteiger partial charge on any atom is -0.378 e. The van der Waals surface area contributed by atoms with E-state index in [0.29, 0.717) is 29.7 Å². The fraction of sp³-hybridized carbons (Fsp3) is 0.370. The van der Waals surface area contributed by atoms with Crippen molar-refractivity contribution in [3.63, 3.8) is 0 Å². The van der Waals surface area contributed by atoms with E-state index in [1.165, 1.54) is 9.80 Å². The van der Waals surface area contributed by atoms with Gasteiger partial charge < -0.3 is 25.3 Å². The molecule has 0 radical (unpaired) electrons. The number of hydrogen-bond donors (Lipinski definition) is 2. The van der Waals surface area contributed by atoms with E-state index >= 15 is 0 Å². The van der Waals surface area contributed by atoms with Crippen LogP contribution in [-0.4, -0.2) is 85.8 Å². The van der Waals surface area contributed by atoms with Crippen molar-refractivity contribution in [3.8, 4) is 6.07 Å². The van der Waals surface area contributed by atoms with Gasteiger partial charge in [0, 0.05) is 50.5 Å². The zero-order valence-corrected chi connectivity index (χ0v) is 20.9. The van der Waals surface area contributed by atoms with Crippen LogP contribution in [0.3, 0.4) is 0 Å². The quantitative estimate of drug-likeness (QED) is 0.628. The number of nitrogens with zero attached hydrogens (tertiary/aromatic N) is 4. The maximum atomic E-state index is 13.5. The minimum atomic E-state index is -0.966. The molecule has 0 aliphatic carbocycles. The van der Waals surface area contributed by atoms with Gasteiger partial charge in [-0.15, -0.1) is 0 Å². The van der Waals surface area contributed by atoms with Crippen LogP contribution in [-0.2, 0) is 9.59 Å². The Morgan fingerprint density at radius 1 is 1.00 bits per heavy atom. The van der Waals surface area contributed by atoms with Crippen LogP contribution in [0.4, 0.5) is 5.69 Å². The molecule has 192 valence electrons. The van der Waals surface area contributed by atoms with E-state index in [0.717, 1.165) is 12.1 Å². The Kier molecular flexibility index (Phi) is 7.72. The Balaban J connectivity index is 1.56. The van der Waals surface area contributed by atoms with Gasteiger partial charge in [0.25, 0.3) is 11.8 Å². The largest absolute Gasteiger partial charge is 0.378 e. The van der Waals surface area contributed by atoms with Crippen LogP contribution in [0, 0.1) is 11.3 Å². The monoisotopic (exact) mass is 502 g/mol. The fourth-order valence-electron chi connectivity index (χ4n) is 4.55. The van der Waals surface area contributed by atoms with Gasteiger partial charge in [0.15, 0.2) is 0 Å². The van der Waals surface area contributed by atoms with Crippen LogP contribution in [0.2, 0.25) is 0 Å². The van der Waals surface area contributed by atoms with Crippen LogP contribution in [0.5, 0.6) is 0 Å². The summed E-state index contributed by atoms with van der Waals surface area (Å²) in [6.45, 7) is 0.953. The second-order valence-electron chi connectivity index (χ2n) is 9.39. The summed E-state index contributed by atoms with van der Waals surface area (Å²) in [5, 5.41) is 14.6. The first-order chi connectivity index (χ1) is 17.8. The number of benzene rings is 2. The van der Waals surface area contributed by atoms with Gasteiger partial charge in [0.2, 0.25) is 11.8 Å². The lowest BCUT2D eigenvalue weighted by Crippen LogP contribution is -2.63. The molecule has 10 heteroatoms. The number of nitriles is 1. The van der Waals surface area contributed by atoms with E-state index in [9.17, 15) is 19.2 Å². The Bertz CT molecular complexity index is 1220. The second kappa shape index (κ2) is 11.1. The lowest BCUT2D eigenvalue weighted by atomic mass is 10.0. The number of anilines is 1. The first kappa shape index (κ1) is 25.7. The van der Waals surface area contributed by atoms with Gasteiger partial charge >= 0.3 is 0 Å². The molecule has 2 atom stereocenters. The third kappa shape index (κ3) is 5.72. The molecule has 2 N–H and O–H groups in total. The summed E-state index contributed by atoms with van der Waals surface area (Å²) in [4.78, 5) is 57.3. The topological polar surface area (TPSA) is 126 Å². The molecule has 10 nitrogen and oxygen atoms in total. The molecular weight excluding hydrogens is 472 g/mol. The molecular formula is C27H30N6O4. The average Bonchev–Trinajstić information content (AvgIpc) is 2.93. The average molecular weight is 503 g/mol. The van der Waals surface area contributed by atoms with Crippen molar-refractivity contribution < 1.29 is 19.2 Å².